The van der Waals surface area contributed by atoms with E-state index in [4.69, 9.17) is 0 Å². The fourth-order valence-corrected chi connectivity index (χ4v) is 5.76. The number of phenolic OH excluding ortho intramolecular Hbond substituents is 1. The van der Waals surface area contributed by atoms with Crippen molar-refractivity contribution in [3.05, 3.63) is 28.3 Å². The Morgan fingerprint density at radius 1 is 0.696 bits per heavy atom. The molecule has 126 valence electrons. The summed E-state index contributed by atoms with van der Waals surface area (Å²) in [6.45, 7) is 2.31. The summed E-state index contributed by atoms with van der Waals surface area (Å²) >= 11 is 0. The fraction of sp³-hybridized carbons (Fsp3) is 0.727. The minimum Gasteiger partial charge on any atom is -0.507 e. The molecule has 0 spiro atoms. The zero-order valence-electron chi connectivity index (χ0n) is 14.7. The van der Waals surface area contributed by atoms with Crippen LogP contribution in [0.15, 0.2) is 6.07 Å². The molecule has 1 aromatic carbocycles. The second kappa shape index (κ2) is 6.49. The van der Waals surface area contributed by atoms with E-state index in [2.05, 4.69) is 13.0 Å². The fourth-order valence-electron chi connectivity index (χ4n) is 5.76. The average Bonchev–Trinajstić information content (AvgIpc) is 3.31. The largest absolute Gasteiger partial charge is 0.507 e. The maximum absolute atomic E-state index is 11.2. The summed E-state index contributed by atoms with van der Waals surface area (Å²) in [6, 6.07) is 2.44. The summed E-state index contributed by atoms with van der Waals surface area (Å²) in [4.78, 5) is 0. The summed E-state index contributed by atoms with van der Waals surface area (Å²) in [5.74, 6) is 2.70. The molecule has 4 rings (SSSR count). The molecule has 1 nitrogen and oxygen atoms in total. The lowest BCUT2D eigenvalue weighted by molar-refractivity contribution is 0.445. The van der Waals surface area contributed by atoms with Gasteiger partial charge in [0.25, 0.3) is 0 Å². The minimum atomic E-state index is 0.621. The van der Waals surface area contributed by atoms with Gasteiger partial charge in [0.2, 0.25) is 0 Å². The van der Waals surface area contributed by atoms with E-state index in [1.54, 1.807) is 5.56 Å². The van der Waals surface area contributed by atoms with Gasteiger partial charge >= 0.3 is 0 Å². The Labute approximate surface area is 141 Å². The van der Waals surface area contributed by atoms with Crippen LogP contribution in [0.2, 0.25) is 0 Å². The number of benzene rings is 1. The molecule has 0 saturated heterocycles. The molecule has 3 saturated carbocycles. The van der Waals surface area contributed by atoms with Crippen LogP contribution in [0, 0.1) is 6.92 Å². The van der Waals surface area contributed by atoms with Crippen molar-refractivity contribution >= 4 is 0 Å². The van der Waals surface area contributed by atoms with Crippen molar-refractivity contribution < 1.29 is 5.11 Å². The molecular formula is C22H32O. The van der Waals surface area contributed by atoms with Gasteiger partial charge in [-0.05, 0) is 79.9 Å². The molecule has 3 aliphatic rings. The first-order chi connectivity index (χ1) is 11.3. The molecule has 0 aromatic heterocycles. The maximum atomic E-state index is 11.2. The van der Waals surface area contributed by atoms with E-state index in [9.17, 15) is 5.11 Å². The molecule has 0 bridgehead atoms. The highest BCUT2D eigenvalue weighted by molar-refractivity contribution is 5.54. The van der Waals surface area contributed by atoms with Crippen molar-refractivity contribution in [3.8, 4) is 5.75 Å². The maximum Gasteiger partial charge on any atom is 0.122 e. The van der Waals surface area contributed by atoms with Gasteiger partial charge in [-0.2, -0.15) is 0 Å². The van der Waals surface area contributed by atoms with Crippen LogP contribution in [0.3, 0.4) is 0 Å². The van der Waals surface area contributed by atoms with Crippen LogP contribution < -0.4 is 0 Å². The first-order valence-electron chi connectivity index (χ1n) is 10.1. The van der Waals surface area contributed by atoms with Crippen LogP contribution in [0.25, 0.3) is 0 Å². The normalized spacial score (nSPS) is 24.0. The summed E-state index contributed by atoms with van der Waals surface area (Å²) in [6.07, 6.45) is 16.0. The number of rotatable bonds is 3. The van der Waals surface area contributed by atoms with Crippen LogP contribution in [-0.2, 0) is 0 Å². The second-order valence-corrected chi connectivity index (χ2v) is 8.39. The molecular weight excluding hydrogens is 280 g/mol. The van der Waals surface area contributed by atoms with Crippen LogP contribution >= 0.6 is 0 Å². The van der Waals surface area contributed by atoms with E-state index in [-0.39, 0.29) is 0 Å². The molecule has 3 aliphatic carbocycles. The Morgan fingerprint density at radius 2 is 1.13 bits per heavy atom. The molecule has 0 atom stereocenters. The van der Waals surface area contributed by atoms with E-state index in [0.717, 1.165) is 5.92 Å². The van der Waals surface area contributed by atoms with Crippen molar-refractivity contribution in [3.63, 3.8) is 0 Å². The standard InChI is InChI=1S/C22H32O/c1-15-19(16-8-2-3-9-16)14-20(17-10-4-5-11-17)22(23)21(15)18-12-6-7-13-18/h14,16-18,23H,2-13H2,1H3. The summed E-state index contributed by atoms with van der Waals surface area (Å²) in [7, 11) is 0. The van der Waals surface area contributed by atoms with Gasteiger partial charge in [0.05, 0.1) is 0 Å². The van der Waals surface area contributed by atoms with Crippen LogP contribution in [0.5, 0.6) is 5.75 Å². The molecule has 0 unspecified atom stereocenters. The monoisotopic (exact) mass is 312 g/mol. The van der Waals surface area contributed by atoms with E-state index < -0.39 is 0 Å². The SMILES string of the molecule is Cc1c(C2CCCC2)cc(C2CCCC2)c(O)c1C1CCCC1. The minimum absolute atomic E-state index is 0.621. The van der Waals surface area contributed by atoms with Gasteiger partial charge in [-0.3, -0.25) is 0 Å². The van der Waals surface area contributed by atoms with Crippen LogP contribution in [-0.4, -0.2) is 5.11 Å². The van der Waals surface area contributed by atoms with E-state index >= 15 is 0 Å². The van der Waals surface area contributed by atoms with Gasteiger partial charge in [-0.25, -0.2) is 0 Å². The first-order valence-corrected chi connectivity index (χ1v) is 10.1. The zero-order valence-corrected chi connectivity index (χ0v) is 14.7. The van der Waals surface area contributed by atoms with Gasteiger partial charge in [0.15, 0.2) is 0 Å². The highest BCUT2D eigenvalue weighted by atomic mass is 16.3. The van der Waals surface area contributed by atoms with Crippen molar-refractivity contribution in [1.82, 2.24) is 0 Å². The average molecular weight is 312 g/mol. The Hall–Kier alpha value is -0.980. The third-order valence-corrected chi connectivity index (χ3v) is 7.03. The molecule has 0 aliphatic heterocycles. The summed E-state index contributed by atoms with van der Waals surface area (Å²) in [5.41, 5.74) is 5.72. The zero-order chi connectivity index (χ0) is 15.8. The lowest BCUT2D eigenvalue weighted by atomic mass is 9.80. The third-order valence-electron chi connectivity index (χ3n) is 7.03. The van der Waals surface area contributed by atoms with E-state index in [0.29, 0.717) is 17.6 Å². The van der Waals surface area contributed by atoms with Gasteiger partial charge < -0.3 is 5.11 Å². The van der Waals surface area contributed by atoms with Crippen molar-refractivity contribution in [1.29, 1.82) is 0 Å². The lowest BCUT2D eigenvalue weighted by Crippen LogP contribution is -2.08. The molecule has 23 heavy (non-hydrogen) atoms. The predicted octanol–water partition coefficient (Wildman–Crippen LogP) is 6.67. The topological polar surface area (TPSA) is 20.2 Å². The first kappa shape index (κ1) is 15.5. The van der Waals surface area contributed by atoms with Crippen molar-refractivity contribution in [2.24, 2.45) is 0 Å². The molecule has 1 heteroatoms. The Morgan fingerprint density at radius 3 is 1.65 bits per heavy atom. The Kier molecular flexibility index (Phi) is 4.39. The van der Waals surface area contributed by atoms with E-state index in [1.807, 2.05) is 0 Å². The van der Waals surface area contributed by atoms with Gasteiger partial charge in [0.1, 0.15) is 5.75 Å². The van der Waals surface area contributed by atoms with Gasteiger partial charge in [0, 0.05) is 5.56 Å². The Balaban J connectivity index is 1.81. The van der Waals surface area contributed by atoms with Crippen LogP contribution in [0.4, 0.5) is 0 Å². The number of hydrogen-bond donors (Lipinski definition) is 1. The highest BCUT2D eigenvalue weighted by Crippen LogP contribution is 2.49. The van der Waals surface area contributed by atoms with Crippen molar-refractivity contribution in [2.75, 3.05) is 0 Å². The van der Waals surface area contributed by atoms with Crippen LogP contribution in [0.1, 0.15) is 117 Å². The quantitative estimate of drug-likeness (QED) is 0.660. The predicted molar refractivity (Wildman–Crippen MR) is 96.5 cm³/mol. The smallest absolute Gasteiger partial charge is 0.122 e. The molecule has 0 radical (unpaired) electrons. The Bertz CT molecular complexity index is 516. The molecule has 0 heterocycles. The highest BCUT2D eigenvalue weighted by Gasteiger charge is 2.31. The molecule has 1 N–H and O–H groups in total. The molecule has 3 fully saturated rings. The summed E-state index contributed by atoms with van der Waals surface area (Å²) in [5, 5.41) is 11.2. The van der Waals surface area contributed by atoms with E-state index in [1.165, 1.54) is 93.7 Å². The molecule has 0 amide bonds. The third kappa shape index (κ3) is 2.81. The lowest BCUT2D eigenvalue weighted by Gasteiger charge is -2.26. The summed E-state index contributed by atoms with van der Waals surface area (Å²) < 4.78 is 0. The second-order valence-electron chi connectivity index (χ2n) is 8.39. The number of phenols is 1. The van der Waals surface area contributed by atoms with Gasteiger partial charge in [-0.15, -0.1) is 0 Å². The number of aromatic hydroxyl groups is 1. The van der Waals surface area contributed by atoms with Crippen molar-refractivity contribution in [2.45, 2.75) is 102 Å². The molecule has 1 aromatic rings. The van der Waals surface area contributed by atoms with Gasteiger partial charge in [-0.1, -0.05) is 44.6 Å². The number of hydrogen-bond acceptors (Lipinski definition) is 1.